The van der Waals surface area contributed by atoms with Gasteiger partial charge in [-0.25, -0.2) is 14.6 Å². The summed E-state index contributed by atoms with van der Waals surface area (Å²) in [7, 11) is 4.30. The summed E-state index contributed by atoms with van der Waals surface area (Å²) in [6.45, 7) is -0.332. The van der Waals surface area contributed by atoms with Crippen molar-refractivity contribution in [3.63, 3.8) is 0 Å². The van der Waals surface area contributed by atoms with Crippen LogP contribution in [0.3, 0.4) is 0 Å². The number of esters is 1. The Bertz CT molecular complexity index is 1280. The van der Waals surface area contributed by atoms with E-state index < -0.39 is 23.6 Å². The van der Waals surface area contributed by atoms with E-state index in [1.165, 1.54) is 70.0 Å². The average Bonchev–Trinajstić information content (AvgIpc) is 2.91. The molecule has 2 amide bonds. The van der Waals surface area contributed by atoms with Crippen molar-refractivity contribution in [3.8, 4) is 23.0 Å². The van der Waals surface area contributed by atoms with E-state index in [-0.39, 0.29) is 23.4 Å². The number of benzene rings is 3. The Kier molecular flexibility index (Phi) is 9.14. The average molecular weight is 509 g/mol. The summed E-state index contributed by atoms with van der Waals surface area (Å²) in [5.41, 5.74) is 3.21. The monoisotopic (exact) mass is 509 g/mol. The number of carbonyl (C=O) groups excluding carboxylic acids is 3. The second-order valence-electron chi connectivity index (χ2n) is 7.36. The fourth-order valence-electron chi connectivity index (χ4n) is 3.10. The van der Waals surface area contributed by atoms with Crippen molar-refractivity contribution in [2.24, 2.45) is 5.10 Å². The van der Waals surface area contributed by atoms with Gasteiger partial charge in [0.1, 0.15) is 11.6 Å². The zero-order valence-electron chi connectivity index (χ0n) is 20.2. The van der Waals surface area contributed by atoms with Gasteiger partial charge in [-0.2, -0.15) is 5.10 Å². The van der Waals surface area contributed by atoms with Gasteiger partial charge in [-0.1, -0.05) is 6.07 Å². The zero-order valence-corrected chi connectivity index (χ0v) is 20.2. The minimum absolute atomic E-state index is 0.0886. The molecule has 0 bridgehead atoms. The summed E-state index contributed by atoms with van der Waals surface area (Å²) in [6.07, 6.45) is 1.37. The van der Waals surface area contributed by atoms with E-state index in [1.54, 1.807) is 12.1 Å². The van der Waals surface area contributed by atoms with E-state index in [4.69, 9.17) is 18.9 Å². The topological polar surface area (TPSA) is 125 Å². The molecule has 0 fully saturated rings. The van der Waals surface area contributed by atoms with Crippen molar-refractivity contribution in [2.45, 2.75) is 0 Å². The van der Waals surface area contributed by atoms with Gasteiger partial charge in [-0.05, 0) is 60.2 Å². The Morgan fingerprint density at radius 2 is 1.57 bits per heavy atom. The zero-order chi connectivity index (χ0) is 26.8. The Labute approximate surface area is 212 Å². The summed E-state index contributed by atoms with van der Waals surface area (Å²) in [5, 5.41) is 6.32. The van der Waals surface area contributed by atoms with Crippen LogP contribution in [0.2, 0.25) is 0 Å². The van der Waals surface area contributed by atoms with Crippen molar-refractivity contribution in [1.82, 2.24) is 10.7 Å². The highest BCUT2D eigenvalue weighted by Crippen LogP contribution is 2.38. The second kappa shape index (κ2) is 12.7. The number of methoxy groups -OCH3 is 3. The van der Waals surface area contributed by atoms with Gasteiger partial charge >= 0.3 is 5.97 Å². The van der Waals surface area contributed by atoms with Gasteiger partial charge < -0.3 is 24.3 Å². The van der Waals surface area contributed by atoms with Crippen LogP contribution >= 0.6 is 0 Å². The van der Waals surface area contributed by atoms with Gasteiger partial charge in [0.25, 0.3) is 11.8 Å². The molecule has 0 saturated carbocycles. The van der Waals surface area contributed by atoms with E-state index >= 15 is 0 Å². The summed E-state index contributed by atoms with van der Waals surface area (Å²) in [6, 6.07) is 14.4. The number of ether oxygens (including phenoxy) is 4. The molecule has 11 heteroatoms. The summed E-state index contributed by atoms with van der Waals surface area (Å²) in [4.78, 5) is 36.6. The normalized spacial score (nSPS) is 10.5. The molecule has 0 heterocycles. The van der Waals surface area contributed by atoms with Crippen LogP contribution in [0, 0.1) is 5.82 Å². The first-order valence-corrected chi connectivity index (χ1v) is 10.8. The molecule has 0 unspecified atom stereocenters. The first kappa shape index (κ1) is 26.7. The van der Waals surface area contributed by atoms with Crippen molar-refractivity contribution >= 4 is 24.0 Å². The minimum Gasteiger partial charge on any atom is -0.493 e. The Balaban J connectivity index is 1.50. The van der Waals surface area contributed by atoms with Gasteiger partial charge in [-0.3, -0.25) is 9.59 Å². The van der Waals surface area contributed by atoms with Crippen LogP contribution in [0.15, 0.2) is 65.8 Å². The lowest BCUT2D eigenvalue weighted by atomic mass is 10.1. The number of nitrogens with one attached hydrogen (secondary N) is 2. The second-order valence-corrected chi connectivity index (χ2v) is 7.36. The molecule has 0 spiro atoms. The van der Waals surface area contributed by atoms with Gasteiger partial charge in [0, 0.05) is 5.56 Å². The first-order valence-electron chi connectivity index (χ1n) is 10.8. The highest BCUT2D eigenvalue weighted by Gasteiger charge is 2.17. The largest absolute Gasteiger partial charge is 0.493 e. The Hall–Kier alpha value is -4.93. The highest BCUT2D eigenvalue weighted by molar-refractivity contribution is 5.97. The lowest BCUT2D eigenvalue weighted by Gasteiger charge is -2.14. The summed E-state index contributed by atoms with van der Waals surface area (Å²) in [5.74, 6) is -1.12. The molecule has 0 aliphatic heterocycles. The van der Waals surface area contributed by atoms with Crippen LogP contribution < -0.4 is 29.7 Å². The number of hydrogen-bond donors (Lipinski definition) is 2. The molecule has 10 nitrogen and oxygen atoms in total. The number of rotatable bonds is 10. The molecule has 0 aliphatic carbocycles. The molecule has 2 N–H and O–H groups in total. The van der Waals surface area contributed by atoms with Gasteiger partial charge in [-0.15, -0.1) is 0 Å². The van der Waals surface area contributed by atoms with E-state index in [2.05, 4.69) is 15.8 Å². The number of halogens is 1. The predicted octanol–water partition coefficient (Wildman–Crippen LogP) is 2.95. The minimum atomic E-state index is -0.693. The molecule has 0 atom stereocenters. The number of hydrogen-bond acceptors (Lipinski definition) is 8. The molecular weight excluding hydrogens is 485 g/mol. The predicted molar refractivity (Wildman–Crippen MR) is 132 cm³/mol. The lowest BCUT2D eigenvalue weighted by Crippen LogP contribution is -2.34. The molecule has 0 aromatic heterocycles. The van der Waals surface area contributed by atoms with Gasteiger partial charge in [0.05, 0.1) is 39.7 Å². The molecular formula is C26H24FN3O7. The highest BCUT2D eigenvalue weighted by atomic mass is 19.1. The first-order chi connectivity index (χ1) is 17.8. The maximum atomic E-state index is 13.3. The summed E-state index contributed by atoms with van der Waals surface area (Å²) >= 11 is 0. The van der Waals surface area contributed by atoms with Crippen LogP contribution in [0.25, 0.3) is 0 Å². The van der Waals surface area contributed by atoms with Crippen molar-refractivity contribution in [3.05, 3.63) is 83.2 Å². The quantitative estimate of drug-likeness (QED) is 0.186. The van der Waals surface area contributed by atoms with Crippen molar-refractivity contribution in [1.29, 1.82) is 0 Å². The van der Waals surface area contributed by atoms with E-state index in [9.17, 15) is 18.8 Å². The fourth-order valence-corrected chi connectivity index (χ4v) is 3.10. The molecule has 0 aliphatic rings. The maximum Gasteiger partial charge on any atom is 0.343 e. The van der Waals surface area contributed by atoms with Crippen LogP contribution in [-0.2, 0) is 4.79 Å². The molecule has 3 aromatic rings. The van der Waals surface area contributed by atoms with E-state index in [0.717, 1.165) is 6.07 Å². The third-order valence-corrected chi connectivity index (χ3v) is 4.89. The number of amides is 2. The van der Waals surface area contributed by atoms with E-state index in [0.29, 0.717) is 22.8 Å². The van der Waals surface area contributed by atoms with Crippen LogP contribution in [0.5, 0.6) is 23.0 Å². The van der Waals surface area contributed by atoms with Crippen LogP contribution in [0.4, 0.5) is 4.39 Å². The standard InChI is InChI=1S/C26H24FN3O7/c1-34-21-12-18(13-22(35-2)24(21)36-3)25(32)28-15-23(31)30-29-14-16-7-9-20(10-8-16)37-26(33)17-5-4-6-19(27)11-17/h4-14H,15H2,1-3H3,(H,28,32)(H,30,31)/b29-14+. The van der Waals surface area contributed by atoms with Crippen LogP contribution in [-0.4, -0.2) is 51.9 Å². The summed E-state index contributed by atoms with van der Waals surface area (Å²) < 4.78 is 34.1. The third kappa shape index (κ3) is 7.28. The molecule has 0 radical (unpaired) electrons. The number of hydrazone groups is 1. The van der Waals surface area contributed by atoms with Gasteiger partial charge in [0.2, 0.25) is 5.75 Å². The molecule has 0 saturated heterocycles. The Morgan fingerprint density at radius 3 is 2.16 bits per heavy atom. The molecule has 3 aromatic carbocycles. The number of nitrogens with zero attached hydrogens (tertiary/aromatic N) is 1. The maximum absolute atomic E-state index is 13.3. The molecule has 192 valence electrons. The lowest BCUT2D eigenvalue weighted by molar-refractivity contribution is -0.120. The molecule has 3 rings (SSSR count). The van der Waals surface area contributed by atoms with Crippen molar-refractivity contribution < 1.29 is 37.7 Å². The fraction of sp³-hybridized carbons (Fsp3) is 0.154. The smallest absolute Gasteiger partial charge is 0.343 e. The van der Waals surface area contributed by atoms with Crippen LogP contribution in [0.1, 0.15) is 26.3 Å². The van der Waals surface area contributed by atoms with Crippen molar-refractivity contribution in [2.75, 3.05) is 27.9 Å². The number of carbonyl (C=O) groups is 3. The Morgan fingerprint density at radius 1 is 0.892 bits per heavy atom. The SMILES string of the molecule is COc1cc(C(=O)NCC(=O)N/N=C/c2ccc(OC(=O)c3cccc(F)c3)cc2)cc(OC)c1OC. The van der Waals surface area contributed by atoms with E-state index in [1.807, 2.05) is 0 Å². The third-order valence-electron chi connectivity index (χ3n) is 4.89. The molecule has 37 heavy (non-hydrogen) atoms. The van der Waals surface area contributed by atoms with Gasteiger partial charge in [0.15, 0.2) is 11.5 Å².